The fraction of sp³-hybridized carbons (Fsp3) is 0.444. The van der Waals surface area contributed by atoms with Crippen molar-refractivity contribution < 1.29 is 23.8 Å². The Morgan fingerprint density at radius 2 is 1.95 bits per heavy atom. The molecule has 9 nitrogen and oxygen atoms in total. The Morgan fingerprint density at radius 1 is 1.18 bits per heavy atom. The Balaban J connectivity index is 1.68. The van der Waals surface area contributed by atoms with Crippen molar-refractivity contribution in [2.45, 2.75) is 32.0 Å². The van der Waals surface area contributed by atoms with Crippen molar-refractivity contribution in [1.29, 1.82) is 0 Å². The highest BCUT2D eigenvalue weighted by molar-refractivity contribution is 6.35. The van der Waals surface area contributed by atoms with E-state index in [4.69, 9.17) is 21.3 Å². The number of aromatic hydroxyl groups is 1. The Bertz CT molecular complexity index is 1290. The number of pyridine rings is 1. The van der Waals surface area contributed by atoms with Gasteiger partial charge in [-0.2, -0.15) is 0 Å². The molecular formula is C27H31ClFN5O4. The number of halogens is 2. The number of likely N-dealkylation sites (N-methyl/N-ethyl adjacent to an activating group) is 1. The number of carbonyl (C=O) groups is 2. The van der Waals surface area contributed by atoms with Crippen molar-refractivity contribution in [2.75, 3.05) is 51.3 Å². The van der Waals surface area contributed by atoms with Gasteiger partial charge in [-0.25, -0.2) is 9.37 Å². The molecule has 0 spiro atoms. The second-order valence-corrected chi connectivity index (χ2v) is 10.6. The van der Waals surface area contributed by atoms with E-state index in [1.165, 1.54) is 24.3 Å². The van der Waals surface area contributed by atoms with E-state index >= 15 is 4.39 Å². The molecule has 2 saturated heterocycles. The summed E-state index contributed by atoms with van der Waals surface area (Å²) in [4.78, 5) is 38.7. The Labute approximate surface area is 226 Å². The van der Waals surface area contributed by atoms with Gasteiger partial charge in [0.2, 0.25) is 5.91 Å². The lowest BCUT2D eigenvalue weighted by molar-refractivity contribution is -0.128. The minimum absolute atomic E-state index is 0.00549. The molecule has 202 valence electrons. The van der Waals surface area contributed by atoms with Gasteiger partial charge in [-0.1, -0.05) is 24.2 Å². The fourth-order valence-corrected chi connectivity index (χ4v) is 5.78. The summed E-state index contributed by atoms with van der Waals surface area (Å²) in [5.41, 5.74) is 0.0623. The van der Waals surface area contributed by atoms with Crippen molar-refractivity contribution in [3.63, 3.8) is 0 Å². The number of piperazine rings is 2. The first-order chi connectivity index (χ1) is 18.1. The molecule has 0 bridgehead atoms. The molecule has 3 aliphatic rings. The topological polar surface area (TPSA) is 89.5 Å². The summed E-state index contributed by atoms with van der Waals surface area (Å²) < 4.78 is 21.2. The predicted molar refractivity (Wildman–Crippen MR) is 142 cm³/mol. The van der Waals surface area contributed by atoms with Gasteiger partial charge in [0.25, 0.3) is 5.91 Å². The fourth-order valence-electron chi connectivity index (χ4n) is 5.49. The molecule has 0 unspecified atom stereocenters. The van der Waals surface area contributed by atoms with Crippen LogP contribution in [0.1, 0.15) is 24.2 Å². The second-order valence-electron chi connectivity index (χ2n) is 10.2. The number of fused-ring (bicyclic) bond motifs is 2. The van der Waals surface area contributed by atoms with Crippen LogP contribution in [0.2, 0.25) is 5.02 Å². The summed E-state index contributed by atoms with van der Waals surface area (Å²) >= 11 is 6.80. The molecule has 3 atom stereocenters. The Hall–Kier alpha value is -3.37. The summed E-state index contributed by atoms with van der Waals surface area (Å²) in [6.45, 7) is 10.0. The maximum absolute atomic E-state index is 15.0. The van der Waals surface area contributed by atoms with Crippen molar-refractivity contribution in [3.8, 4) is 22.8 Å². The molecule has 2 amide bonds. The number of hydrogen-bond donors (Lipinski definition) is 1. The third kappa shape index (κ3) is 4.35. The number of anilines is 1. The van der Waals surface area contributed by atoms with E-state index in [2.05, 4.69) is 18.4 Å². The van der Waals surface area contributed by atoms with Gasteiger partial charge in [0.05, 0.1) is 11.6 Å². The number of phenols is 1. The maximum Gasteiger partial charge on any atom is 0.261 e. The number of rotatable bonds is 3. The SMILES string of the molecule is C=CC(=O)N1CCN2C(=O)c3c(N4C[C@H](C)N(C)C[C@@H]4C)nc(-c4c(O)cccc4F)c(Cl)c3OC[C@H]2C1. The monoisotopic (exact) mass is 543 g/mol. The molecule has 4 heterocycles. The molecule has 1 aromatic carbocycles. The first kappa shape index (κ1) is 26.2. The zero-order valence-electron chi connectivity index (χ0n) is 21.7. The van der Waals surface area contributed by atoms with E-state index < -0.39 is 11.9 Å². The smallest absolute Gasteiger partial charge is 0.261 e. The normalized spacial score (nSPS) is 23.9. The second kappa shape index (κ2) is 10.1. The number of nitrogens with zero attached hydrogens (tertiary/aromatic N) is 5. The van der Waals surface area contributed by atoms with Crippen molar-refractivity contribution >= 4 is 29.2 Å². The Morgan fingerprint density at radius 3 is 2.66 bits per heavy atom. The minimum atomic E-state index is -0.693. The van der Waals surface area contributed by atoms with E-state index in [9.17, 15) is 14.7 Å². The Kier molecular flexibility index (Phi) is 6.96. The molecule has 0 radical (unpaired) electrons. The number of amides is 2. The molecule has 5 rings (SSSR count). The molecule has 2 aromatic rings. The van der Waals surface area contributed by atoms with E-state index in [1.54, 1.807) is 9.80 Å². The van der Waals surface area contributed by atoms with Crippen LogP contribution in [0.5, 0.6) is 11.5 Å². The number of carbonyl (C=O) groups excluding carboxylic acids is 2. The molecule has 38 heavy (non-hydrogen) atoms. The van der Waals surface area contributed by atoms with Crippen molar-refractivity contribution in [3.05, 3.63) is 47.3 Å². The third-order valence-corrected chi connectivity index (χ3v) is 8.09. The maximum atomic E-state index is 15.0. The summed E-state index contributed by atoms with van der Waals surface area (Å²) in [6.07, 6.45) is 1.26. The molecule has 2 fully saturated rings. The molecular weight excluding hydrogens is 513 g/mol. The average molecular weight is 544 g/mol. The highest BCUT2D eigenvalue weighted by Gasteiger charge is 2.42. The molecule has 3 aliphatic heterocycles. The standard InChI is InChI=1S/C27H31ClFN5O4/c1-5-20(36)32-9-10-33-17(13-32)14-38-25-22(27(33)37)26(34-12-15(2)31(4)11-16(34)3)30-24(23(25)28)21-18(29)7-6-8-19(21)35/h5-8,15-17,35H,1,9-14H2,2-4H3/t15-,16-,17+/m0/s1. The van der Waals surface area contributed by atoms with Crippen LogP contribution in [0, 0.1) is 5.82 Å². The van der Waals surface area contributed by atoms with Gasteiger partial charge in [0, 0.05) is 44.8 Å². The number of hydrogen-bond acceptors (Lipinski definition) is 7. The van der Waals surface area contributed by atoms with Crippen LogP contribution in [0.4, 0.5) is 10.2 Å². The van der Waals surface area contributed by atoms with E-state index in [0.29, 0.717) is 25.5 Å². The van der Waals surface area contributed by atoms with Crippen LogP contribution in [0.15, 0.2) is 30.9 Å². The highest BCUT2D eigenvalue weighted by Crippen LogP contribution is 2.46. The molecule has 1 N–H and O–H groups in total. The van der Waals surface area contributed by atoms with Crippen LogP contribution < -0.4 is 9.64 Å². The van der Waals surface area contributed by atoms with Crippen LogP contribution in [0.3, 0.4) is 0 Å². The van der Waals surface area contributed by atoms with Gasteiger partial charge in [-0.15, -0.1) is 0 Å². The predicted octanol–water partition coefficient (Wildman–Crippen LogP) is 3.01. The number of aromatic nitrogens is 1. The number of phenolic OH excluding ortho intramolecular Hbond substituents is 1. The van der Waals surface area contributed by atoms with Gasteiger partial charge in [-0.05, 0) is 39.1 Å². The minimum Gasteiger partial charge on any atom is -0.507 e. The number of benzene rings is 1. The van der Waals surface area contributed by atoms with Gasteiger partial charge in [0.15, 0.2) is 5.75 Å². The van der Waals surface area contributed by atoms with Gasteiger partial charge in [-0.3, -0.25) is 14.5 Å². The van der Waals surface area contributed by atoms with E-state index in [0.717, 1.165) is 6.54 Å². The lowest BCUT2D eigenvalue weighted by atomic mass is 10.0. The quantitative estimate of drug-likeness (QED) is 0.595. The molecule has 0 aliphatic carbocycles. The van der Waals surface area contributed by atoms with Gasteiger partial charge >= 0.3 is 0 Å². The number of ether oxygens (including phenoxy) is 1. The summed E-state index contributed by atoms with van der Waals surface area (Å²) in [6, 6.07) is 3.70. The third-order valence-electron chi connectivity index (χ3n) is 7.74. The van der Waals surface area contributed by atoms with E-state index in [1.807, 2.05) is 18.9 Å². The lowest BCUT2D eigenvalue weighted by Gasteiger charge is -2.44. The average Bonchev–Trinajstić information content (AvgIpc) is 3.03. The lowest BCUT2D eigenvalue weighted by Crippen LogP contribution is -2.58. The zero-order chi connectivity index (χ0) is 27.3. The summed E-state index contributed by atoms with van der Waals surface area (Å²) in [5, 5.41) is 10.5. The molecule has 0 saturated carbocycles. The van der Waals surface area contributed by atoms with E-state index in [-0.39, 0.29) is 70.4 Å². The molecule has 1 aromatic heterocycles. The van der Waals surface area contributed by atoms with Gasteiger partial charge < -0.3 is 24.5 Å². The first-order valence-corrected chi connectivity index (χ1v) is 13.0. The van der Waals surface area contributed by atoms with Crippen LogP contribution in [-0.4, -0.2) is 101 Å². The van der Waals surface area contributed by atoms with Crippen LogP contribution >= 0.6 is 11.6 Å². The summed E-state index contributed by atoms with van der Waals surface area (Å²) in [5.74, 6) is -1.08. The summed E-state index contributed by atoms with van der Waals surface area (Å²) in [7, 11) is 2.04. The van der Waals surface area contributed by atoms with Gasteiger partial charge in [0.1, 0.15) is 40.3 Å². The largest absolute Gasteiger partial charge is 0.507 e. The van der Waals surface area contributed by atoms with Crippen molar-refractivity contribution in [1.82, 2.24) is 19.7 Å². The van der Waals surface area contributed by atoms with Crippen LogP contribution in [-0.2, 0) is 4.79 Å². The first-order valence-electron chi connectivity index (χ1n) is 12.7. The van der Waals surface area contributed by atoms with Crippen molar-refractivity contribution in [2.24, 2.45) is 0 Å². The van der Waals surface area contributed by atoms with Crippen LogP contribution in [0.25, 0.3) is 11.3 Å². The molecule has 11 heteroatoms. The highest BCUT2D eigenvalue weighted by atomic mass is 35.5. The zero-order valence-corrected chi connectivity index (χ0v) is 22.4.